The van der Waals surface area contributed by atoms with E-state index in [0.717, 1.165) is 17.1 Å². The van der Waals surface area contributed by atoms with Gasteiger partial charge in [-0.25, -0.2) is 0 Å². The van der Waals surface area contributed by atoms with Gasteiger partial charge in [0.05, 0.1) is 24.6 Å². The third-order valence-electron chi connectivity index (χ3n) is 4.01. The van der Waals surface area contributed by atoms with Crippen molar-refractivity contribution in [3.05, 3.63) is 41.2 Å². The van der Waals surface area contributed by atoms with Crippen LogP contribution >= 0.6 is 0 Å². The number of amidine groups is 1. The molecule has 2 heterocycles. The van der Waals surface area contributed by atoms with Crippen LogP contribution in [0.3, 0.4) is 0 Å². The molecular formula is C16H21N5O. The second-order valence-electron chi connectivity index (χ2n) is 5.66. The Balaban J connectivity index is 1.94. The number of anilines is 1. The summed E-state index contributed by atoms with van der Waals surface area (Å²) in [5, 5.41) is 18.1. The summed E-state index contributed by atoms with van der Waals surface area (Å²) in [4.78, 5) is 4.04. The van der Waals surface area contributed by atoms with Gasteiger partial charge in [-0.3, -0.25) is 0 Å². The molecular weight excluding hydrogens is 278 g/mol. The molecule has 0 aromatic heterocycles. The molecule has 22 heavy (non-hydrogen) atoms. The van der Waals surface area contributed by atoms with Crippen molar-refractivity contribution in [1.82, 2.24) is 4.90 Å². The zero-order chi connectivity index (χ0) is 15.7. The van der Waals surface area contributed by atoms with E-state index >= 15 is 0 Å². The van der Waals surface area contributed by atoms with Crippen molar-refractivity contribution in [3.63, 3.8) is 0 Å². The van der Waals surface area contributed by atoms with E-state index in [1.807, 2.05) is 28.9 Å². The van der Waals surface area contributed by atoms with Gasteiger partial charge in [0.15, 0.2) is 5.84 Å². The first-order valence-electron chi connectivity index (χ1n) is 7.48. The van der Waals surface area contributed by atoms with Crippen LogP contribution in [0.15, 0.2) is 45.9 Å². The molecule has 1 atom stereocenters. The Morgan fingerprint density at radius 1 is 1.32 bits per heavy atom. The Morgan fingerprint density at radius 3 is 2.73 bits per heavy atom. The minimum Gasteiger partial charge on any atom is -0.391 e. The highest BCUT2D eigenvalue weighted by Crippen LogP contribution is 2.26. The predicted molar refractivity (Wildman–Crippen MR) is 88.7 cm³/mol. The fraction of sp³-hybridized carbons (Fsp3) is 0.375. The van der Waals surface area contributed by atoms with Crippen LogP contribution in [-0.4, -0.2) is 41.4 Å². The normalized spacial score (nSPS) is 18.6. The van der Waals surface area contributed by atoms with E-state index in [1.54, 1.807) is 6.21 Å². The summed E-state index contributed by atoms with van der Waals surface area (Å²) < 4.78 is 0. The maximum absolute atomic E-state index is 9.99. The number of hydrogen-bond donors (Lipinski definition) is 2. The van der Waals surface area contributed by atoms with Crippen molar-refractivity contribution >= 4 is 17.7 Å². The van der Waals surface area contributed by atoms with Crippen LogP contribution < -0.4 is 10.6 Å². The molecule has 3 N–H and O–H groups in total. The molecule has 1 unspecified atom stereocenters. The Labute approximate surface area is 130 Å². The van der Waals surface area contributed by atoms with Gasteiger partial charge in [0.2, 0.25) is 0 Å². The Kier molecular flexibility index (Phi) is 3.85. The summed E-state index contributed by atoms with van der Waals surface area (Å²) >= 11 is 0. The van der Waals surface area contributed by atoms with Gasteiger partial charge in [-0.1, -0.05) is 24.6 Å². The molecule has 0 saturated carbocycles. The smallest absolute Gasteiger partial charge is 0.165 e. The van der Waals surface area contributed by atoms with Crippen molar-refractivity contribution in [2.75, 3.05) is 18.1 Å². The molecule has 3 rings (SSSR count). The van der Waals surface area contributed by atoms with E-state index in [-0.39, 0.29) is 0 Å². The Morgan fingerprint density at radius 2 is 2.05 bits per heavy atom. The molecule has 0 radical (unpaired) electrons. The van der Waals surface area contributed by atoms with E-state index in [4.69, 9.17) is 5.73 Å². The van der Waals surface area contributed by atoms with Crippen LogP contribution in [0.1, 0.15) is 18.9 Å². The second kappa shape index (κ2) is 5.81. The van der Waals surface area contributed by atoms with Gasteiger partial charge < -0.3 is 20.6 Å². The average Bonchev–Trinajstić information content (AvgIpc) is 3.01. The molecule has 0 fully saturated rings. The van der Waals surface area contributed by atoms with Crippen LogP contribution in [0.4, 0.5) is 5.69 Å². The number of aliphatic hydroxyl groups is 1. The number of nitrogens with two attached hydrogens (primary N) is 1. The van der Waals surface area contributed by atoms with Crippen LogP contribution in [-0.2, 0) is 0 Å². The predicted octanol–water partition coefficient (Wildman–Crippen LogP) is 1.41. The third kappa shape index (κ3) is 2.57. The number of β-amino-alcohol motifs (C(OH)–C–C–N with tert-alkyl or cyclic N) is 1. The quantitative estimate of drug-likeness (QED) is 0.881. The van der Waals surface area contributed by atoms with E-state index in [9.17, 15) is 5.11 Å². The lowest BCUT2D eigenvalue weighted by atomic mass is 10.1. The van der Waals surface area contributed by atoms with Crippen molar-refractivity contribution in [1.29, 1.82) is 0 Å². The number of fused-ring (bicyclic) bond motifs is 1. The highest BCUT2D eigenvalue weighted by Gasteiger charge is 2.31. The standard InChI is InChI=1S/C16H21N5O/c1-3-13(22)9-20-10-21(12-6-4-11(2)5-7-12)15(17)14-8-18-19-16(14)20/h4-8,13,22H,3,9-10,17H2,1-2H3. The number of aryl methyl sites for hydroxylation is 1. The summed E-state index contributed by atoms with van der Waals surface area (Å²) in [6, 6.07) is 8.21. The second-order valence-corrected chi connectivity index (χ2v) is 5.66. The summed E-state index contributed by atoms with van der Waals surface area (Å²) in [6.07, 6.45) is 1.98. The molecule has 0 spiro atoms. The molecule has 0 aliphatic carbocycles. The molecule has 0 bridgehead atoms. The number of nitrogens with zero attached hydrogens (tertiary/aromatic N) is 4. The summed E-state index contributed by atoms with van der Waals surface area (Å²) in [7, 11) is 0. The average molecular weight is 299 g/mol. The summed E-state index contributed by atoms with van der Waals surface area (Å²) in [5.41, 5.74) is 9.34. The van der Waals surface area contributed by atoms with Gasteiger partial charge in [-0.15, -0.1) is 5.10 Å². The topological polar surface area (TPSA) is 77.5 Å². The first-order valence-corrected chi connectivity index (χ1v) is 7.48. The van der Waals surface area contributed by atoms with E-state index < -0.39 is 6.10 Å². The van der Waals surface area contributed by atoms with Gasteiger partial charge in [0, 0.05) is 12.2 Å². The number of benzene rings is 1. The highest BCUT2D eigenvalue weighted by atomic mass is 16.3. The molecule has 1 aromatic carbocycles. The SMILES string of the molecule is CCC(O)CN1CN(c2ccc(C)cc2)C(N)=C2C=NN=C21. The summed E-state index contributed by atoms with van der Waals surface area (Å²) in [5.74, 6) is 1.39. The van der Waals surface area contributed by atoms with Crippen LogP contribution in [0.25, 0.3) is 0 Å². The van der Waals surface area contributed by atoms with Crippen LogP contribution in [0, 0.1) is 6.92 Å². The maximum atomic E-state index is 9.99. The molecule has 2 aliphatic heterocycles. The Bertz CT molecular complexity index is 647. The molecule has 1 aromatic rings. The maximum Gasteiger partial charge on any atom is 0.165 e. The molecule has 0 amide bonds. The van der Waals surface area contributed by atoms with Crippen molar-refractivity contribution in [3.8, 4) is 0 Å². The van der Waals surface area contributed by atoms with E-state index in [0.29, 0.717) is 25.5 Å². The van der Waals surface area contributed by atoms with Gasteiger partial charge in [0.1, 0.15) is 5.82 Å². The van der Waals surface area contributed by atoms with E-state index in [1.165, 1.54) is 5.56 Å². The van der Waals surface area contributed by atoms with Crippen LogP contribution in [0.5, 0.6) is 0 Å². The highest BCUT2D eigenvalue weighted by molar-refractivity contribution is 6.19. The minimum absolute atomic E-state index is 0.399. The van der Waals surface area contributed by atoms with Gasteiger partial charge in [-0.05, 0) is 25.5 Å². The first-order chi connectivity index (χ1) is 10.6. The third-order valence-corrected chi connectivity index (χ3v) is 4.01. The first kappa shape index (κ1) is 14.6. The lowest BCUT2D eigenvalue weighted by Gasteiger charge is -2.39. The van der Waals surface area contributed by atoms with Crippen LogP contribution in [0.2, 0.25) is 0 Å². The van der Waals surface area contributed by atoms with Crippen molar-refractivity contribution in [2.45, 2.75) is 26.4 Å². The molecule has 0 saturated heterocycles. The zero-order valence-corrected chi connectivity index (χ0v) is 12.9. The summed E-state index contributed by atoms with van der Waals surface area (Å²) in [6.45, 7) is 5.08. The molecule has 2 aliphatic rings. The number of hydrogen-bond acceptors (Lipinski definition) is 6. The fourth-order valence-corrected chi connectivity index (χ4v) is 2.60. The monoisotopic (exact) mass is 299 g/mol. The minimum atomic E-state index is -0.399. The Hall–Kier alpha value is -2.34. The largest absolute Gasteiger partial charge is 0.391 e. The lowest BCUT2D eigenvalue weighted by molar-refractivity contribution is 0.138. The number of aliphatic hydroxyl groups excluding tert-OH is 1. The van der Waals surface area contributed by atoms with Gasteiger partial charge in [0.25, 0.3) is 0 Å². The van der Waals surface area contributed by atoms with Gasteiger partial charge in [-0.2, -0.15) is 5.10 Å². The van der Waals surface area contributed by atoms with E-state index in [2.05, 4.69) is 29.3 Å². The van der Waals surface area contributed by atoms with Crippen molar-refractivity contribution in [2.24, 2.45) is 15.9 Å². The van der Waals surface area contributed by atoms with Gasteiger partial charge >= 0.3 is 0 Å². The lowest BCUT2D eigenvalue weighted by Crippen LogP contribution is -2.51. The fourth-order valence-electron chi connectivity index (χ4n) is 2.60. The molecule has 116 valence electrons. The zero-order valence-electron chi connectivity index (χ0n) is 12.9. The number of rotatable bonds is 4. The molecule has 6 heteroatoms. The molecule has 6 nitrogen and oxygen atoms in total. The van der Waals surface area contributed by atoms with Crippen molar-refractivity contribution < 1.29 is 5.11 Å².